The molecule has 0 aromatic carbocycles. The molecule has 1 aromatic rings. The van der Waals surface area contributed by atoms with Crippen molar-refractivity contribution in [2.75, 3.05) is 0 Å². The van der Waals surface area contributed by atoms with Gasteiger partial charge in [0.15, 0.2) is 0 Å². The van der Waals surface area contributed by atoms with Crippen molar-refractivity contribution in [3.05, 3.63) is 16.9 Å². The fourth-order valence-electron chi connectivity index (χ4n) is 0.569. The lowest BCUT2D eigenvalue weighted by Gasteiger charge is -2.09. The van der Waals surface area contributed by atoms with E-state index in [9.17, 15) is 18.4 Å². The highest BCUT2D eigenvalue weighted by Crippen LogP contribution is 2.26. The molecule has 0 saturated heterocycles. The van der Waals surface area contributed by atoms with Gasteiger partial charge >= 0.3 is 6.18 Å². The Bertz CT molecular complexity index is 266. The minimum atomic E-state index is -4.72. The minimum absolute atomic E-state index is 0.188. The van der Waals surface area contributed by atoms with Crippen molar-refractivity contribution in [2.24, 2.45) is 0 Å². The van der Waals surface area contributed by atoms with E-state index >= 15 is 0 Å². The van der Waals surface area contributed by atoms with Gasteiger partial charge in [-0.3, -0.25) is 4.85 Å². The first-order valence-corrected chi connectivity index (χ1v) is 2.59. The van der Waals surface area contributed by atoms with Gasteiger partial charge in [-0.05, 0) is 6.92 Å². The summed E-state index contributed by atoms with van der Waals surface area (Å²) >= 11 is 0. The molecular weight excluding hydrogens is 163 g/mol. The molecule has 7 heteroatoms. The first-order valence-electron chi connectivity index (χ1n) is 2.59. The van der Waals surface area contributed by atoms with Gasteiger partial charge in [-0.15, -0.1) is 0 Å². The molecule has 0 saturated carbocycles. The quantitative estimate of drug-likeness (QED) is 0.576. The first-order chi connectivity index (χ1) is 4.91. The Hall–Kier alpha value is -1.27. The largest absolute Gasteiger partial charge is 0.789 e. The average molecular weight is 166 g/mol. The van der Waals surface area contributed by atoms with Crippen molar-refractivity contribution in [1.29, 1.82) is 0 Å². The highest BCUT2D eigenvalue weighted by atomic mass is 19.4. The summed E-state index contributed by atoms with van der Waals surface area (Å²) in [6, 6.07) is 0. The number of rotatable bonds is 0. The van der Waals surface area contributed by atoms with Crippen LogP contribution in [0.15, 0.2) is 0 Å². The fraction of sp³-hybridized carbons (Fsp3) is 0.500. The van der Waals surface area contributed by atoms with Crippen molar-refractivity contribution in [3.8, 4) is 0 Å². The number of alkyl halides is 3. The van der Waals surface area contributed by atoms with E-state index in [0.29, 0.717) is 0 Å². The smallest absolute Gasteiger partial charge is 0.450 e. The number of halogens is 3. The third-order valence-electron chi connectivity index (χ3n) is 0.938. The molecule has 11 heavy (non-hydrogen) atoms. The number of hydrogen-bond donors (Lipinski definition) is 0. The first kappa shape index (κ1) is 7.83. The zero-order chi connectivity index (χ0) is 8.65. The van der Waals surface area contributed by atoms with Gasteiger partial charge in [-0.1, -0.05) is 0 Å². The van der Waals surface area contributed by atoms with Crippen LogP contribution in [-0.4, -0.2) is 14.9 Å². The van der Waals surface area contributed by atoms with Gasteiger partial charge in [0.2, 0.25) is 5.82 Å². The molecule has 1 aromatic heterocycles. The number of aryl methyl sites for hydroxylation is 1. The third-order valence-corrected chi connectivity index (χ3v) is 0.938. The van der Waals surface area contributed by atoms with E-state index < -0.39 is 16.8 Å². The van der Waals surface area contributed by atoms with Crippen molar-refractivity contribution in [3.63, 3.8) is 0 Å². The molecule has 62 valence electrons. The van der Waals surface area contributed by atoms with E-state index in [-0.39, 0.29) is 5.82 Å². The van der Waals surface area contributed by atoms with Crippen LogP contribution in [0.3, 0.4) is 0 Å². The van der Waals surface area contributed by atoms with Crippen molar-refractivity contribution >= 4 is 0 Å². The van der Waals surface area contributed by atoms with E-state index in [4.69, 9.17) is 0 Å². The minimum Gasteiger partial charge on any atom is -0.789 e. The average Bonchev–Trinajstić information content (AvgIpc) is 2.08. The second-order valence-corrected chi connectivity index (χ2v) is 1.85. The fourth-order valence-corrected chi connectivity index (χ4v) is 0.569. The highest BCUT2D eigenvalue weighted by Gasteiger charge is 2.35. The molecule has 0 aliphatic heterocycles. The van der Waals surface area contributed by atoms with E-state index in [0.717, 1.165) is 0 Å². The van der Waals surface area contributed by atoms with Gasteiger partial charge in [-0.25, -0.2) is 4.98 Å². The van der Waals surface area contributed by atoms with E-state index in [1.165, 1.54) is 6.92 Å². The number of hydrogen-bond acceptors (Lipinski definition) is 3. The van der Waals surface area contributed by atoms with E-state index in [1.807, 2.05) is 0 Å². The molecule has 1 heterocycles. The molecular formula is C4H3F3N3O-. The van der Waals surface area contributed by atoms with E-state index in [2.05, 4.69) is 10.1 Å². The number of nitrogens with zero attached hydrogens (tertiary/aromatic N) is 3. The lowest BCUT2D eigenvalue weighted by atomic mass is 10.6. The Morgan fingerprint density at radius 2 is 2.00 bits per heavy atom. The van der Waals surface area contributed by atoms with Gasteiger partial charge in [0, 0.05) is 0 Å². The molecule has 0 bridgehead atoms. The van der Waals surface area contributed by atoms with E-state index in [1.54, 1.807) is 0 Å². The van der Waals surface area contributed by atoms with Crippen LogP contribution in [-0.2, 0) is 6.18 Å². The number of aromatic nitrogens is 3. The summed E-state index contributed by atoms with van der Waals surface area (Å²) in [7, 11) is 0. The molecule has 0 spiro atoms. The standard InChI is InChI=1S/C4H3F3N3O/c1-2-8-3(4(5,6)7)10(11)9-2/h1H3/q-1. The van der Waals surface area contributed by atoms with Crippen LogP contribution in [0, 0.1) is 12.1 Å². The zero-order valence-corrected chi connectivity index (χ0v) is 5.38. The Morgan fingerprint density at radius 1 is 1.45 bits per heavy atom. The second kappa shape index (κ2) is 2.11. The van der Waals surface area contributed by atoms with Crippen LogP contribution in [0.2, 0.25) is 0 Å². The predicted octanol–water partition coefficient (Wildman–Crippen LogP) is 0.951. The van der Waals surface area contributed by atoms with Gasteiger partial charge in [0.1, 0.15) is 5.82 Å². The van der Waals surface area contributed by atoms with Gasteiger partial charge in [0.25, 0.3) is 0 Å². The molecule has 0 radical (unpaired) electrons. The zero-order valence-electron chi connectivity index (χ0n) is 5.38. The molecule has 0 unspecified atom stereocenters. The summed E-state index contributed by atoms with van der Waals surface area (Å²) in [6.45, 7) is 1.21. The van der Waals surface area contributed by atoms with Crippen molar-refractivity contribution in [1.82, 2.24) is 14.9 Å². The molecule has 4 nitrogen and oxygen atoms in total. The predicted molar refractivity (Wildman–Crippen MR) is 28.5 cm³/mol. The summed E-state index contributed by atoms with van der Waals surface area (Å²) in [5.74, 6) is -1.71. The van der Waals surface area contributed by atoms with Crippen LogP contribution in [0.4, 0.5) is 13.2 Å². The maximum absolute atomic E-state index is 11.7. The topological polar surface area (TPSA) is 53.8 Å². The van der Waals surface area contributed by atoms with Crippen LogP contribution in [0.1, 0.15) is 11.6 Å². The molecule has 0 aliphatic rings. The lowest BCUT2D eigenvalue weighted by molar-refractivity contribution is -0.146. The Morgan fingerprint density at radius 3 is 2.18 bits per heavy atom. The maximum Gasteiger partial charge on any atom is 0.450 e. The molecule has 0 aliphatic carbocycles. The van der Waals surface area contributed by atoms with Crippen LogP contribution in [0.25, 0.3) is 0 Å². The Kier molecular flexibility index (Phi) is 1.50. The van der Waals surface area contributed by atoms with Crippen LogP contribution >= 0.6 is 0 Å². The van der Waals surface area contributed by atoms with Crippen molar-refractivity contribution in [2.45, 2.75) is 13.1 Å². The summed E-state index contributed by atoms with van der Waals surface area (Å²) in [4.78, 5) is 2.36. The van der Waals surface area contributed by atoms with Crippen LogP contribution in [0.5, 0.6) is 0 Å². The monoisotopic (exact) mass is 166 g/mol. The van der Waals surface area contributed by atoms with Gasteiger partial charge < -0.3 is 5.21 Å². The van der Waals surface area contributed by atoms with Gasteiger partial charge in [-0.2, -0.15) is 18.3 Å². The maximum atomic E-state index is 11.7. The summed E-state index contributed by atoms with van der Waals surface area (Å²) in [6.07, 6.45) is -4.72. The third kappa shape index (κ3) is 1.41. The van der Waals surface area contributed by atoms with Crippen molar-refractivity contribution < 1.29 is 13.2 Å². The summed E-state index contributed by atoms with van der Waals surface area (Å²) < 4.78 is 35.2. The Balaban J connectivity index is 3.13. The lowest BCUT2D eigenvalue weighted by Crippen LogP contribution is -2.12. The second-order valence-electron chi connectivity index (χ2n) is 1.85. The molecule has 0 fully saturated rings. The highest BCUT2D eigenvalue weighted by molar-refractivity contribution is 4.96. The Labute approximate surface area is 59.2 Å². The summed E-state index contributed by atoms with van der Waals surface area (Å²) in [5, 5.41) is 13.2. The molecule has 1 rings (SSSR count). The normalized spacial score (nSPS) is 12.0. The van der Waals surface area contributed by atoms with Gasteiger partial charge in [0.05, 0.1) is 0 Å². The SMILES string of the molecule is Cc1nc(C(F)(F)F)n([O-])n1. The molecule has 0 N–H and O–H groups in total. The van der Waals surface area contributed by atoms with Crippen LogP contribution < -0.4 is 0 Å². The molecule has 0 amide bonds. The summed E-state index contributed by atoms with van der Waals surface area (Å²) in [5.41, 5.74) is 0. The molecule has 0 atom stereocenters.